The molecule has 110 valence electrons. The quantitative estimate of drug-likeness (QED) is 0.850. The van der Waals surface area contributed by atoms with Crippen molar-refractivity contribution in [1.82, 2.24) is 4.90 Å². The molecule has 2 aliphatic rings. The molecular weight excluding hydrogens is 236 g/mol. The van der Waals surface area contributed by atoms with Crippen molar-refractivity contribution in [3.05, 3.63) is 0 Å². The Morgan fingerprint density at radius 2 is 1.63 bits per heavy atom. The van der Waals surface area contributed by atoms with Crippen LogP contribution < -0.4 is 5.73 Å². The van der Waals surface area contributed by atoms with Crippen LogP contribution in [0.1, 0.15) is 64.2 Å². The fourth-order valence-electron chi connectivity index (χ4n) is 3.65. The van der Waals surface area contributed by atoms with E-state index < -0.39 is 0 Å². The molecular formula is C16H30N2O. The molecule has 0 bridgehead atoms. The van der Waals surface area contributed by atoms with Crippen molar-refractivity contribution < 1.29 is 4.79 Å². The molecule has 2 saturated carbocycles. The van der Waals surface area contributed by atoms with Gasteiger partial charge in [0.25, 0.3) is 0 Å². The van der Waals surface area contributed by atoms with Gasteiger partial charge in [-0.15, -0.1) is 0 Å². The van der Waals surface area contributed by atoms with Gasteiger partial charge in [0.05, 0.1) is 0 Å². The van der Waals surface area contributed by atoms with Gasteiger partial charge in [-0.05, 0) is 50.4 Å². The summed E-state index contributed by atoms with van der Waals surface area (Å²) < 4.78 is 0. The lowest BCUT2D eigenvalue weighted by molar-refractivity contribution is -0.131. The molecule has 2 aliphatic carbocycles. The Kier molecular flexibility index (Phi) is 5.68. The highest BCUT2D eigenvalue weighted by Crippen LogP contribution is 2.27. The van der Waals surface area contributed by atoms with Gasteiger partial charge < -0.3 is 10.6 Å². The second-order valence-corrected chi connectivity index (χ2v) is 6.76. The summed E-state index contributed by atoms with van der Waals surface area (Å²) in [5, 5.41) is 0. The van der Waals surface area contributed by atoms with E-state index in [2.05, 4.69) is 0 Å². The van der Waals surface area contributed by atoms with Crippen LogP contribution in [0.4, 0.5) is 0 Å². The van der Waals surface area contributed by atoms with Gasteiger partial charge in [0.2, 0.25) is 5.91 Å². The lowest BCUT2D eigenvalue weighted by Crippen LogP contribution is -2.35. The number of nitrogens with zero attached hydrogens (tertiary/aromatic N) is 1. The van der Waals surface area contributed by atoms with Gasteiger partial charge in [0.15, 0.2) is 0 Å². The second-order valence-electron chi connectivity index (χ2n) is 6.76. The molecule has 0 atom stereocenters. The molecule has 0 radical (unpaired) electrons. The maximum atomic E-state index is 12.3. The SMILES string of the molecule is CN(CC1CCCCC1)C(=O)CC1CCC(N)CC1. The van der Waals surface area contributed by atoms with E-state index in [4.69, 9.17) is 5.73 Å². The zero-order chi connectivity index (χ0) is 13.7. The first-order chi connectivity index (χ1) is 9.15. The van der Waals surface area contributed by atoms with Crippen LogP contribution in [0.2, 0.25) is 0 Å². The predicted molar refractivity (Wildman–Crippen MR) is 78.8 cm³/mol. The van der Waals surface area contributed by atoms with Crippen LogP contribution >= 0.6 is 0 Å². The molecule has 0 heterocycles. The smallest absolute Gasteiger partial charge is 0.222 e. The van der Waals surface area contributed by atoms with Crippen molar-refractivity contribution in [3.63, 3.8) is 0 Å². The minimum atomic E-state index is 0.353. The van der Waals surface area contributed by atoms with E-state index in [1.165, 1.54) is 32.1 Å². The first kappa shape index (κ1) is 14.8. The number of hydrogen-bond donors (Lipinski definition) is 1. The molecule has 0 aromatic carbocycles. The molecule has 0 aromatic rings. The third-order valence-electron chi connectivity index (χ3n) is 5.04. The Bertz CT molecular complexity index is 278. The summed E-state index contributed by atoms with van der Waals surface area (Å²) in [6, 6.07) is 0.381. The Labute approximate surface area is 117 Å². The van der Waals surface area contributed by atoms with Gasteiger partial charge >= 0.3 is 0 Å². The van der Waals surface area contributed by atoms with Crippen LogP contribution in [0.3, 0.4) is 0 Å². The highest BCUT2D eigenvalue weighted by Gasteiger charge is 2.24. The van der Waals surface area contributed by atoms with Crippen LogP contribution in [0.25, 0.3) is 0 Å². The molecule has 2 fully saturated rings. The van der Waals surface area contributed by atoms with Crippen molar-refractivity contribution in [2.45, 2.75) is 70.3 Å². The monoisotopic (exact) mass is 266 g/mol. The van der Waals surface area contributed by atoms with E-state index in [1.807, 2.05) is 11.9 Å². The van der Waals surface area contributed by atoms with Crippen LogP contribution in [-0.4, -0.2) is 30.4 Å². The number of rotatable bonds is 4. The Hall–Kier alpha value is -0.570. The van der Waals surface area contributed by atoms with E-state index in [0.29, 0.717) is 17.9 Å². The van der Waals surface area contributed by atoms with E-state index in [9.17, 15) is 4.79 Å². The van der Waals surface area contributed by atoms with Crippen molar-refractivity contribution in [1.29, 1.82) is 0 Å². The lowest BCUT2D eigenvalue weighted by Gasteiger charge is -2.30. The average Bonchev–Trinajstić information content (AvgIpc) is 2.42. The molecule has 1 amide bonds. The van der Waals surface area contributed by atoms with Crippen molar-refractivity contribution >= 4 is 5.91 Å². The molecule has 3 nitrogen and oxygen atoms in total. The van der Waals surface area contributed by atoms with Crippen molar-refractivity contribution in [2.24, 2.45) is 17.6 Å². The fourth-order valence-corrected chi connectivity index (χ4v) is 3.65. The van der Waals surface area contributed by atoms with Crippen LogP contribution in [-0.2, 0) is 4.79 Å². The maximum Gasteiger partial charge on any atom is 0.222 e. The minimum absolute atomic E-state index is 0.353. The average molecular weight is 266 g/mol. The van der Waals surface area contributed by atoms with E-state index in [-0.39, 0.29) is 0 Å². The predicted octanol–water partition coefficient (Wildman–Crippen LogP) is 2.93. The summed E-state index contributed by atoms with van der Waals surface area (Å²) in [5.41, 5.74) is 5.92. The van der Waals surface area contributed by atoms with Crippen molar-refractivity contribution in [3.8, 4) is 0 Å². The van der Waals surface area contributed by atoms with Gasteiger partial charge in [0.1, 0.15) is 0 Å². The van der Waals surface area contributed by atoms with Gasteiger partial charge in [-0.1, -0.05) is 19.3 Å². The zero-order valence-corrected chi connectivity index (χ0v) is 12.4. The molecule has 19 heavy (non-hydrogen) atoms. The summed E-state index contributed by atoms with van der Waals surface area (Å²) in [7, 11) is 1.99. The summed E-state index contributed by atoms with van der Waals surface area (Å²) in [6.45, 7) is 0.977. The Balaban J connectivity index is 1.69. The topological polar surface area (TPSA) is 46.3 Å². The van der Waals surface area contributed by atoms with Gasteiger partial charge in [-0.25, -0.2) is 0 Å². The molecule has 0 aromatic heterocycles. The summed E-state index contributed by atoms with van der Waals surface area (Å²) in [4.78, 5) is 14.3. The fraction of sp³-hybridized carbons (Fsp3) is 0.938. The number of carbonyl (C=O) groups excluding carboxylic acids is 1. The Morgan fingerprint density at radius 3 is 2.26 bits per heavy atom. The molecule has 3 heteroatoms. The van der Waals surface area contributed by atoms with Crippen LogP contribution in [0.15, 0.2) is 0 Å². The number of nitrogens with two attached hydrogens (primary N) is 1. The first-order valence-corrected chi connectivity index (χ1v) is 8.14. The highest BCUT2D eigenvalue weighted by atomic mass is 16.2. The lowest BCUT2D eigenvalue weighted by atomic mass is 9.84. The second kappa shape index (κ2) is 7.28. The normalized spacial score (nSPS) is 29.2. The van der Waals surface area contributed by atoms with Crippen molar-refractivity contribution in [2.75, 3.05) is 13.6 Å². The van der Waals surface area contributed by atoms with E-state index in [0.717, 1.165) is 44.6 Å². The van der Waals surface area contributed by atoms with E-state index in [1.54, 1.807) is 0 Å². The van der Waals surface area contributed by atoms with E-state index >= 15 is 0 Å². The summed E-state index contributed by atoms with van der Waals surface area (Å²) >= 11 is 0. The van der Waals surface area contributed by atoms with Gasteiger partial charge in [-0.3, -0.25) is 4.79 Å². The standard InChI is InChI=1S/C16H30N2O/c1-18(12-14-5-3-2-4-6-14)16(19)11-13-7-9-15(17)10-8-13/h13-15H,2-12,17H2,1H3. The maximum absolute atomic E-state index is 12.3. The molecule has 0 aliphatic heterocycles. The molecule has 0 spiro atoms. The molecule has 0 saturated heterocycles. The van der Waals surface area contributed by atoms with Gasteiger partial charge in [-0.2, -0.15) is 0 Å². The van der Waals surface area contributed by atoms with Crippen LogP contribution in [0.5, 0.6) is 0 Å². The Morgan fingerprint density at radius 1 is 1.00 bits per heavy atom. The number of carbonyl (C=O) groups is 1. The summed E-state index contributed by atoms with van der Waals surface area (Å²) in [5.74, 6) is 1.69. The number of hydrogen-bond acceptors (Lipinski definition) is 2. The zero-order valence-electron chi connectivity index (χ0n) is 12.4. The molecule has 2 N–H and O–H groups in total. The minimum Gasteiger partial charge on any atom is -0.345 e. The largest absolute Gasteiger partial charge is 0.345 e. The highest BCUT2D eigenvalue weighted by molar-refractivity contribution is 5.76. The summed E-state index contributed by atoms with van der Waals surface area (Å²) in [6.07, 6.45) is 12.0. The molecule has 2 rings (SSSR count). The molecule has 0 unspecified atom stereocenters. The van der Waals surface area contributed by atoms with Crippen LogP contribution in [0, 0.1) is 11.8 Å². The number of amides is 1. The van der Waals surface area contributed by atoms with Gasteiger partial charge in [0, 0.05) is 26.1 Å². The first-order valence-electron chi connectivity index (χ1n) is 8.14. The third-order valence-corrected chi connectivity index (χ3v) is 5.04. The third kappa shape index (κ3) is 4.79.